The highest BCUT2D eigenvalue weighted by atomic mass is 16.5. The second-order valence-corrected chi connectivity index (χ2v) is 5.06. The van der Waals surface area contributed by atoms with Crippen molar-refractivity contribution in [1.82, 2.24) is 15.2 Å². The van der Waals surface area contributed by atoms with Crippen LogP contribution in [0.2, 0.25) is 0 Å². The van der Waals surface area contributed by atoms with Crippen molar-refractivity contribution in [1.29, 1.82) is 0 Å². The van der Waals surface area contributed by atoms with E-state index in [1.54, 1.807) is 6.20 Å². The number of nitrogens with zero attached hydrogens (tertiary/aromatic N) is 2. The van der Waals surface area contributed by atoms with Crippen LogP contribution in [0, 0.1) is 0 Å². The number of carbonyl (C=O) groups is 2. The van der Waals surface area contributed by atoms with Gasteiger partial charge in [0.1, 0.15) is 0 Å². The summed E-state index contributed by atoms with van der Waals surface area (Å²) in [5.74, 6) is 0.211. The minimum atomic E-state index is -0.459. The van der Waals surface area contributed by atoms with E-state index in [0.717, 1.165) is 10.5 Å². The summed E-state index contributed by atoms with van der Waals surface area (Å²) in [5.41, 5.74) is 0.871. The summed E-state index contributed by atoms with van der Waals surface area (Å²) in [6.07, 6.45) is 1.90. The smallest absolute Gasteiger partial charge is 0.246 e. The van der Waals surface area contributed by atoms with Crippen molar-refractivity contribution in [3.63, 3.8) is 0 Å². The molecule has 20 heavy (non-hydrogen) atoms. The number of aromatic nitrogens is 1. The van der Waals surface area contributed by atoms with Crippen LogP contribution in [0.5, 0.6) is 5.88 Å². The molecule has 1 unspecified atom stereocenters. The second kappa shape index (κ2) is 6.00. The number of hydrogen-bond acceptors (Lipinski definition) is 5. The van der Waals surface area contributed by atoms with Gasteiger partial charge in [-0.05, 0) is 19.9 Å². The van der Waals surface area contributed by atoms with Crippen molar-refractivity contribution in [2.75, 3.05) is 7.05 Å². The molecule has 0 aromatic carbocycles. The predicted molar refractivity (Wildman–Crippen MR) is 73.0 cm³/mol. The van der Waals surface area contributed by atoms with E-state index in [-0.39, 0.29) is 24.3 Å². The van der Waals surface area contributed by atoms with Crippen molar-refractivity contribution in [3.05, 3.63) is 23.9 Å². The van der Waals surface area contributed by atoms with Crippen molar-refractivity contribution in [2.45, 2.75) is 39.0 Å². The SMILES string of the molecule is CC(C)Oc1ncccc1CNC1CC(=O)N(C)C1=O. The molecule has 6 nitrogen and oxygen atoms in total. The lowest BCUT2D eigenvalue weighted by atomic mass is 10.2. The molecule has 0 bridgehead atoms. The van der Waals surface area contributed by atoms with Crippen molar-refractivity contribution in [2.24, 2.45) is 0 Å². The highest BCUT2D eigenvalue weighted by molar-refractivity contribution is 6.05. The second-order valence-electron chi connectivity index (χ2n) is 5.06. The molecule has 0 saturated carbocycles. The number of imide groups is 1. The van der Waals surface area contributed by atoms with Crippen LogP contribution in [0.15, 0.2) is 18.3 Å². The van der Waals surface area contributed by atoms with E-state index in [0.29, 0.717) is 12.4 Å². The van der Waals surface area contributed by atoms with Crippen LogP contribution in [0.4, 0.5) is 0 Å². The lowest BCUT2D eigenvalue weighted by molar-refractivity contribution is -0.137. The van der Waals surface area contributed by atoms with E-state index in [2.05, 4.69) is 10.3 Å². The zero-order chi connectivity index (χ0) is 14.7. The molecule has 0 spiro atoms. The van der Waals surface area contributed by atoms with Crippen molar-refractivity contribution < 1.29 is 14.3 Å². The number of carbonyl (C=O) groups excluding carboxylic acids is 2. The fourth-order valence-corrected chi connectivity index (χ4v) is 2.04. The van der Waals surface area contributed by atoms with E-state index in [1.807, 2.05) is 26.0 Å². The Morgan fingerprint density at radius 2 is 2.25 bits per heavy atom. The maximum absolute atomic E-state index is 11.8. The van der Waals surface area contributed by atoms with Gasteiger partial charge >= 0.3 is 0 Å². The summed E-state index contributed by atoms with van der Waals surface area (Å²) in [7, 11) is 1.50. The number of likely N-dealkylation sites (N-methyl/N-ethyl adjacent to an activating group) is 1. The van der Waals surface area contributed by atoms with Crippen molar-refractivity contribution in [3.8, 4) is 5.88 Å². The number of likely N-dealkylation sites (tertiary alicyclic amines) is 1. The van der Waals surface area contributed by atoms with Crippen LogP contribution >= 0.6 is 0 Å². The molecule has 0 aliphatic carbocycles. The third-order valence-corrected chi connectivity index (χ3v) is 3.12. The minimum Gasteiger partial charge on any atom is -0.475 e. The van der Waals surface area contributed by atoms with Crippen molar-refractivity contribution >= 4 is 11.8 Å². The van der Waals surface area contributed by atoms with Crippen LogP contribution in [-0.2, 0) is 16.1 Å². The molecular weight excluding hydrogens is 258 g/mol. The molecule has 1 aromatic rings. The Labute approximate surface area is 118 Å². The van der Waals surface area contributed by atoms with E-state index in [4.69, 9.17) is 4.74 Å². The molecule has 2 heterocycles. The lowest BCUT2D eigenvalue weighted by Gasteiger charge is -2.15. The summed E-state index contributed by atoms with van der Waals surface area (Å²) >= 11 is 0. The molecule has 6 heteroatoms. The standard InChI is InChI=1S/C14H19N3O3/c1-9(2)20-13-10(5-4-6-15-13)8-16-11-7-12(18)17(3)14(11)19/h4-6,9,11,16H,7-8H2,1-3H3. The summed E-state index contributed by atoms with van der Waals surface area (Å²) in [6, 6.07) is 3.25. The first-order valence-corrected chi connectivity index (χ1v) is 6.63. The largest absolute Gasteiger partial charge is 0.475 e. The van der Waals surface area contributed by atoms with Gasteiger partial charge in [-0.1, -0.05) is 6.07 Å². The van der Waals surface area contributed by atoms with Gasteiger partial charge in [-0.2, -0.15) is 0 Å². The zero-order valence-electron chi connectivity index (χ0n) is 11.9. The maximum atomic E-state index is 11.8. The fourth-order valence-electron chi connectivity index (χ4n) is 2.04. The van der Waals surface area contributed by atoms with Crippen LogP contribution in [-0.4, -0.2) is 40.9 Å². The number of pyridine rings is 1. The molecule has 1 N–H and O–H groups in total. The van der Waals surface area contributed by atoms with E-state index in [9.17, 15) is 9.59 Å². The molecule has 1 fully saturated rings. The first-order valence-electron chi connectivity index (χ1n) is 6.63. The van der Waals surface area contributed by atoms with E-state index >= 15 is 0 Å². The Hall–Kier alpha value is -1.95. The molecule has 1 aromatic heterocycles. The third kappa shape index (κ3) is 3.14. The number of rotatable bonds is 5. The minimum absolute atomic E-state index is 0.0319. The molecule has 1 saturated heterocycles. The Balaban J connectivity index is 2.01. The Bertz CT molecular complexity index is 516. The van der Waals surface area contributed by atoms with Gasteiger partial charge in [0.25, 0.3) is 0 Å². The molecule has 2 amide bonds. The number of hydrogen-bond donors (Lipinski definition) is 1. The van der Waals surface area contributed by atoms with Crippen LogP contribution in [0.1, 0.15) is 25.8 Å². The van der Waals surface area contributed by atoms with Gasteiger partial charge in [-0.3, -0.25) is 14.5 Å². The van der Waals surface area contributed by atoms with Gasteiger partial charge in [0.15, 0.2) is 0 Å². The van der Waals surface area contributed by atoms with Crippen LogP contribution in [0.3, 0.4) is 0 Å². The van der Waals surface area contributed by atoms with E-state index in [1.165, 1.54) is 7.05 Å². The predicted octanol–water partition coefficient (Wildman–Crippen LogP) is 0.716. The first-order chi connectivity index (χ1) is 9.49. The Kier molecular flexibility index (Phi) is 4.34. The van der Waals surface area contributed by atoms with Gasteiger partial charge in [-0.25, -0.2) is 4.98 Å². The molecule has 2 rings (SSSR count). The van der Waals surface area contributed by atoms with E-state index < -0.39 is 6.04 Å². The third-order valence-electron chi connectivity index (χ3n) is 3.12. The monoisotopic (exact) mass is 277 g/mol. The number of amides is 2. The normalized spacial score (nSPS) is 19.0. The Morgan fingerprint density at radius 1 is 1.50 bits per heavy atom. The summed E-state index contributed by atoms with van der Waals surface area (Å²) in [6.45, 7) is 4.30. The molecule has 1 aliphatic heterocycles. The average molecular weight is 277 g/mol. The van der Waals surface area contributed by atoms with Gasteiger partial charge in [-0.15, -0.1) is 0 Å². The molecule has 1 aliphatic rings. The zero-order valence-corrected chi connectivity index (χ0v) is 11.9. The quantitative estimate of drug-likeness (QED) is 0.803. The summed E-state index contributed by atoms with van der Waals surface area (Å²) < 4.78 is 5.62. The topological polar surface area (TPSA) is 71.5 Å². The summed E-state index contributed by atoms with van der Waals surface area (Å²) in [5, 5.41) is 3.09. The van der Waals surface area contributed by atoms with Gasteiger partial charge < -0.3 is 10.1 Å². The highest BCUT2D eigenvalue weighted by Crippen LogP contribution is 2.17. The average Bonchev–Trinajstić information content (AvgIpc) is 2.65. The fraction of sp³-hybridized carbons (Fsp3) is 0.500. The maximum Gasteiger partial charge on any atom is 0.246 e. The number of ether oxygens (including phenoxy) is 1. The molecular formula is C14H19N3O3. The molecule has 108 valence electrons. The van der Waals surface area contributed by atoms with Crippen LogP contribution in [0.25, 0.3) is 0 Å². The summed E-state index contributed by atoms with van der Waals surface area (Å²) in [4.78, 5) is 28.6. The first kappa shape index (κ1) is 14.5. The lowest BCUT2D eigenvalue weighted by Crippen LogP contribution is -2.36. The van der Waals surface area contributed by atoms with Gasteiger partial charge in [0.2, 0.25) is 17.7 Å². The Morgan fingerprint density at radius 3 is 2.85 bits per heavy atom. The van der Waals surface area contributed by atoms with Crippen LogP contribution < -0.4 is 10.1 Å². The van der Waals surface area contributed by atoms with Gasteiger partial charge in [0.05, 0.1) is 18.6 Å². The van der Waals surface area contributed by atoms with Gasteiger partial charge in [0, 0.05) is 25.4 Å². The number of nitrogens with one attached hydrogen (secondary N) is 1. The highest BCUT2D eigenvalue weighted by Gasteiger charge is 2.35. The molecule has 0 radical (unpaired) electrons. The molecule has 1 atom stereocenters.